The molecule has 0 radical (unpaired) electrons. The Bertz CT molecular complexity index is 4210. The van der Waals surface area contributed by atoms with Crippen LogP contribution in [0, 0.1) is 20.2 Å². The largest absolute Gasteiger partial charge is 2.00 e. The Morgan fingerprint density at radius 2 is 0.603 bits per heavy atom. The standard InChI is InChI=1S/C24H34NO.C24H35NO.C24H34NO.C14H22O2.C10H15N.2HNO3.2Ni.6H2O/c1-22(2,3)16-14-18(24(7,8)9)21(26)20(15-16)25-19-13-11-10-12-17(19)23(4,5)6;2*1-8-9-12-17-13-10-11-14-20(17)25-21-16-18(23(2,3)4)15-19(22(21)26)24(5,6)7;1-13(2,3)9-7-10(14(4,5)6)12(16)11(15)8-9;1-2-3-6-9-7-4-5-8-10(9)11;2*2-1(3)4;;;;;;;;/h10-15,26H,1-9H3;10-11,13-16,25-26H,8-9,12H2,1-7H3;10-11,13-16,26H,8-9,12H2,1-7H3;7-8,15-16H,1-6H3;4-5,7-8H,2-3,6,11H2,1H3;2*(H,2,3,4);;;6*1H2/q-1;;-1;;;;;;+2;;;;;;. The normalized spacial score (nSPS) is 11.1. The number of unbranched alkanes of at least 4 members (excludes halogenated alkanes) is 3. The van der Waals surface area contributed by atoms with Gasteiger partial charge in [-0.25, -0.2) is 0 Å². The second-order valence-electron chi connectivity index (χ2n) is 38.5. The number of nitrogens with zero attached hydrogens (tertiary/aromatic N) is 4. The summed E-state index contributed by atoms with van der Waals surface area (Å²) in [6.45, 7) is 64.5. The number of benzene rings is 8. The first-order valence-electron chi connectivity index (χ1n) is 39.8. The first kappa shape index (κ1) is 125. The van der Waals surface area contributed by atoms with Gasteiger partial charge in [0.2, 0.25) is 0 Å². The Morgan fingerprint density at radius 3 is 0.959 bits per heavy atom. The Hall–Kier alpha value is -8.89. The number of aryl methyl sites for hydroxylation is 3. The van der Waals surface area contributed by atoms with Gasteiger partial charge < -0.3 is 90.5 Å². The molecule has 0 aromatic heterocycles. The average molecular weight is 1780 g/mol. The van der Waals surface area contributed by atoms with Crippen LogP contribution < -0.4 is 11.1 Å². The third-order valence-corrected chi connectivity index (χ3v) is 19.0. The molecule has 0 aliphatic heterocycles. The van der Waals surface area contributed by atoms with E-state index in [1.54, 1.807) is 6.07 Å². The van der Waals surface area contributed by atoms with Crippen LogP contribution in [0.3, 0.4) is 0 Å². The summed E-state index contributed by atoms with van der Waals surface area (Å²) in [5.74, 6) is 0.915. The molecule has 25 heteroatoms. The van der Waals surface area contributed by atoms with Gasteiger partial charge in [0.25, 0.3) is 10.2 Å². The number of hydrogen-bond donors (Lipinski definition) is 9. The summed E-state index contributed by atoms with van der Waals surface area (Å²) in [5, 5.41) is 93.1. The van der Waals surface area contributed by atoms with E-state index in [0.717, 1.165) is 88.4 Å². The maximum atomic E-state index is 11.0. The second-order valence-corrected chi connectivity index (χ2v) is 38.5. The number of aromatic hydroxyl groups is 5. The fourth-order valence-corrected chi connectivity index (χ4v) is 11.9. The molecule has 690 valence electrons. The number of anilines is 3. The molecule has 0 aliphatic carbocycles. The topological polar surface area (TPSA) is 483 Å². The predicted octanol–water partition coefficient (Wildman–Crippen LogP) is 23.0. The third-order valence-electron chi connectivity index (χ3n) is 19.0. The summed E-state index contributed by atoms with van der Waals surface area (Å²) in [6, 6.07) is 49.2. The van der Waals surface area contributed by atoms with E-state index in [1.165, 1.54) is 64.6 Å². The molecule has 0 fully saturated rings. The van der Waals surface area contributed by atoms with Gasteiger partial charge in [0.05, 0.1) is 5.69 Å². The summed E-state index contributed by atoms with van der Waals surface area (Å²) >= 11 is 0. The smallest absolute Gasteiger partial charge is 0.655 e. The van der Waals surface area contributed by atoms with E-state index in [1.807, 2.05) is 93.6 Å². The molecular formula is C96H154N6Ni2O17. The molecule has 0 spiro atoms. The van der Waals surface area contributed by atoms with Crippen LogP contribution in [-0.2, 0) is 101 Å². The van der Waals surface area contributed by atoms with E-state index >= 15 is 0 Å². The van der Waals surface area contributed by atoms with Crippen molar-refractivity contribution in [3.05, 3.63) is 243 Å². The van der Waals surface area contributed by atoms with E-state index in [4.69, 9.17) is 47.0 Å². The van der Waals surface area contributed by atoms with Crippen molar-refractivity contribution in [3.63, 3.8) is 0 Å². The molecule has 0 amide bonds. The van der Waals surface area contributed by atoms with Crippen LogP contribution in [0.25, 0.3) is 10.6 Å². The number of rotatable bonds is 15. The van der Waals surface area contributed by atoms with Crippen LogP contribution in [0.2, 0.25) is 0 Å². The maximum Gasteiger partial charge on any atom is 2.00 e. The van der Waals surface area contributed by atoms with Crippen LogP contribution in [0.4, 0.5) is 39.8 Å². The van der Waals surface area contributed by atoms with Crippen molar-refractivity contribution in [2.24, 2.45) is 0 Å². The minimum absolute atomic E-state index is 0. The van der Waals surface area contributed by atoms with Crippen molar-refractivity contribution in [3.8, 4) is 28.7 Å². The van der Waals surface area contributed by atoms with Gasteiger partial charge >= 0.3 is 16.5 Å². The zero-order valence-electron chi connectivity index (χ0n) is 78.0. The zero-order chi connectivity index (χ0) is 87.0. The van der Waals surface area contributed by atoms with Crippen molar-refractivity contribution >= 4 is 39.8 Å². The van der Waals surface area contributed by atoms with E-state index in [2.05, 4.69) is 259 Å². The molecule has 121 heavy (non-hydrogen) atoms. The molecule has 8 aromatic rings. The van der Waals surface area contributed by atoms with Gasteiger partial charge in [0.1, 0.15) is 17.2 Å². The Labute approximate surface area is 744 Å². The number of para-hydroxylation sites is 4. The number of phenols is 5. The number of hydrogen-bond acceptors (Lipinski definition) is 11. The summed E-state index contributed by atoms with van der Waals surface area (Å²) in [6.07, 6.45) is 10.3. The molecule has 8 aromatic carbocycles. The number of nitrogens with one attached hydrogen (secondary N) is 1. The van der Waals surface area contributed by atoms with E-state index in [9.17, 15) is 25.5 Å². The van der Waals surface area contributed by atoms with E-state index in [0.29, 0.717) is 22.9 Å². The predicted molar refractivity (Wildman–Crippen MR) is 496 cm³/mol. The van der Waals surface area contributed by atoms with Crippen molar-refractivity contribution < 1.29 is 112 Å². The van der Waals surface area contributed by atoms with Gasteiger partial charge in [0, 0.05) is 39.0 Å². The molecule has 0 atom stereocenters. The summed E-state index contributed by atoms with van der Waals surface area (Å²) in [5.41, 5.74) is 24.5. The number of nitrogen functional groups attached to an aromatic ring is 1. The van der Waals surface area contributed by atoms with Gasteiger partial charge in [-0.15, -0.1) is 31.6 Å². The van der Waals surface area contributed by atoms with Crippen molar-refractivity contribution in [1.29, 1.82) is 0 Å². The van der Waals surface area contributed by atoms with Crippen LogP contribution in [0.1, 0.15) is 313 Å². The molecule has 8 rings (SSSR count). The minimum Gasteiger partial charge on any atom is -0.655 e. The molecule has 22 N–H and O–H groups in total. The molecule has 0 bridgehead atoms. The fourth-order valence-electron chi connectivity index (χ4n) is 11.9. The Kier molecular flexibility index (Phi) is 55.1. The van der Waals surface area contributed by atoms with Crippen molar-refractivity contribution in [2.75, 3.05) is 11.1 Å². The van der Waals surface area contributed by atoms with Crippen LogP contribution >= 0.6 is 0 Å². The molecule has 0 saturated carbocycles. The van der Waals surface area contributed by atoms with Gasteiger partial charge in [-0.1, -0.05) is 371 Å². The number of phenolic OH excluding ortho intramolecular Hbond substituents is 5. The Balaban J connectivity index is -0.000000264. The Morgan fingerprint density at radius 1 is 0.331 bits per heavy atom. The van der Waals surface area contributed by atoms with Crippen LogP contribution in [0.15, 0.2) is 146 Å². The summed E-state index contributed by atoms with van der Waals surface area (Å²) < 4.78 is 0. The molecule has 0 saturated heterocycles. The zero-order valence-corrected chi connectivity index (χ0v) is 80.0. The SMILES string of the molecule is CC(C)(C)c1cc(O)c(O)c(C(C)(C)C)c1.CC(C)(C)c1cc([N-]c2ccccc2C(C)(C)C)c(O)c(C(C)(C)C)c1.CCCCc1ccccc1N.CCCCc1ccccc1Nc1cc(C(C)(C)C)cc(C(C)(C)C)c1O.CCCCc1ccccc1[N-]c1cc(C(C)(C)C)cc(C(C)(C)C)c1O.O.O.O.O.O.O.O=[N+]([O-])O.O=[N+]([O-])O.[Ni+2].[Ni]. The maximum absolute atomic E-state index is 11.0. The van der Waals surface area contributed by atoms with Crippen molar-refractivity contribution in [1.82, 2.24) is 0 Å². The van der Waals surface area contributed by atoms with Gasteiger partial charge in [0.15, 0.2) is 11.5 Å². The first-order valence-corrected chi connectivity index (χ1v) is 39.8. The van der Waals surface area contributed by atoms with Crippen molar-refractivity contribution in [2.45, 2.75) is 314 Å². The molecule has 23 nitrogen and oxygen atoms in total. The molecule has 0 unspecified atom stereocenters. The first-order chi connectivity index (χ1) is 51.6. The quantitative estimate of drug-likeness (QED) is 0.0152. The third kappa shape index (κ3) is 42.2. The van der Waals surface area contributed by atoms with Crippen LogP contribution in [0.5, 0.6) is 28.7 Å². The average Bonchev–Trinajstić information content (AvgIpc) is 0.784. The second kappa shape index (κ2) is 53.2. The van der Waals surface area contributed by atoms with Gasteiger partial charge in [-0.3, -0.25) is 0 Å². The summed E-state index contributed by atoms with van der Waals surface area (Å²) in [7, 11) is 0. The molecule has 0 heterocycles. The molecule has 0 aliphatic rings. The monoisotopic (exact) mass is 1780 g/mol. The van der Waals surface area contributed by atoms with E-state index in [-0.39, 0.29) is 132 Å². The fraction of sp³-hybridized carbons (Fsp3) is 0.500. The van der Waals surface area contributed by atoms with Gasteiger partial charge in [-0.2, -0.15) is 0 Å². The van der Waals surface area contributed by atoms with Gasteiger partial charge in [-0.05, 0) is 156 Å². The minimum atomic E-state index is -1.50. The van der Waals surface area contributed by atoms with Crippen LogP contribution in [-0.4, -0.2) is 79.0 Å². The van der Waals surface area contributed by atoms with E-state index < -0.39 is 10.2 Å². The summed E-state index contributed by atoms with van der Waals surface area (Å²) in [4.78, 5) is 16.7. The number of nitrogens with two attached hydrogens (primary N) is 1. The molecular weight excluding hydrogens is 1630 g/mol.